The summed E-state index contributed by atoms with van der Waals surface area (Å²) in [6, 6.07) is 11.3. The van der Waals surface area contributed by atoms with Crippen LogP contribution in [-0.2, 0) is 0 Å². The Morgan fingerprint density at radius 2 is 2.00 bits per heavy atom. The van der Waals surface area contributed by atoms with Crippen LogP contribution in [0.15, 0.2) is 42.5 Å². The summed E-state index contributed by atoms with van der Waals surface area (Å²) in [6.45, 7) is 6.21. The second-order valence-electron chi connectivity index (χ2n) is 5.65. The molecule has 24 heavy (non-hydrogen) atoms. The Labute approximate surface area is 142 Å². The third kappa shape index (κ3) is 4.04. The van der Waals surface area contributed by atoms with Crippen LogP contribution >= 0.6 is 0 Å². The molecule has 2 aromatic rings. The summed E-state index contributed by atoms with van der Waals surface area (Å²) >= 11 is 0. The molecule has 2 rings (SSSR count). The highest BCUT2D eigenvalue weighted by molar-refractivity contribution is 5.90. The molecule has 4 nitrogen and oxygen atoms in total. The summed E-state index contributed by atoms with van der Waals surface area (Å²) in [5, 5.41) is 2.86. The predicted molar refractivity (Wildman–Crippen MR) is 93.9 cm³/mol. The number of halogens is 1. The molecule has 0 aliphatic carbocycles. The largest absolute Gasteiger partial charge is 0.494 e. The first-order chi connectivity index (χ1) is 11.4. The molecule has 0 aromatic heterocycles. The van der Waals surface area contributed by atoms with E-state index < -0.39 is 0 Å². The quantitative estimate of drug-likeness (QED) is 0.859. The standard InChI is InChI=1S/C19H23FN2O2/c1-5-24-15-10-11-18(13(2)12-15)21-19(23)22(4)14(3)16-8-6-7-9-17(16)20/h6-12,14H,5H2,1-4H3,(H,21,23). The van der Waals surface area contributed by atoms with E-state index in [9.17, 15) is 9.18 Å². The minimum Gasteiger partial charge on any atom is -0.494 e. The van der Waals surface area contributed by atoms with Gasteiger partial charge >= 0.3 is 6.03 Å². The topological polar surface area (TPSA) is 41.6 Å². The van der Waals surface area contributed by atoms with Crippen molar-refractivity contribution in [1.29, 1.82) is 0 Å². The van der Waals surface area contributed by atoms with E-state index in [-0.39, 0.29) is 17.9 Å². The Hall–Kier alpha value is -2.56. The zero-order valence-corrected chi connectivity index (χ0v) is 14.5. The molecule has 5 heteroatoms. The molecule has 0 aliphatic rings. The van der Waals surface area contributed by atoms with Crippen LogP contribution in [-0.4, -0.2) is 24.6 Å². The molecule has 2 amide bonds. The lowest BCUT2D eigenvalue weighted by atomic mass is 10.1. The van der Waals surface area contributed by atoms with Crippen LogP contribution in [0.5, 0.6) is 5.75 Å². The second kappa shape index (κ2) is 7.81. The van der Waals surface area contributed by atoms with Crippen LogP contribution in [0.25, 0.3) is 0 Å². The lowest BCUT2D eigenvalue weighted by Gasteiger charge is -2.26. The fourth-order valence-electron chi connectivity index (χ4n) is 2.43. The van der Waals surface area contributed by atoms with E-state index in [0.717, 1.165) is 11.3 Å². The number of aryl methyl sites for hydroxylation is 1. The minimum atomic E-state index is -0.380. The monoisotopic (exact) mass is 330 g/mol. The number of nitrogens with one attached hydrogen (secondary N) is 1. The lowest BCUT2D eigenvalue weighted by molar-refractivity contribution is 0.207. The van der Waals surface area contributed by atoms with Crippen molar-refractivity contribution in [3.05, 3.63) is 59.4 Å². The van der Waals surface area contributed by atoms with Gasteiger partial charge in [0, 0.05) is 18.3 Å². The van der Waals surface area contributed by atoms with Gasteiger partial charge in [0.1, 0.15) is 11.6 Å². The number of anilines is 1. The minimum absolute atomic E-state index is 0.294. The van der Waals surface area contributed by atoms with E-state index in [0.29, 0.717) is 17.9 Å². The third-order valence-electron chi connectivity index (χ3n) is 4.01. The molecule has 128 valence electrons. The normalized spacial score (nSPS) is 11.7. The molecule has 2 aromatic carbocycles. The molecule has 0 heterocycles. The van der Waals surface area contributed by atoms with Gasteiger partial charge in [-0.1, -0.05) is 18.2 Å². The molecule has 0 radical (unpaired) electrons. The average Bonchev–Trinajstić information content (AvgIpc) is 2.56. The van der Waals surface area contributed by atoms with Gasteiger partial charge < -0.3 is 15.0 Å². The van der Waals surface area contributed by atoms with E-state index in [1.165, 1.54) is 11.0 Å². The van der Waals surface area contributed by atoms with Crippen LogP contribution in [0, 0.1) is 12.7 Å². The number of urea groups is 1. The summed E-state index contributed by atoms with van der Waals surface area (Å²) in [4.78, 5) is 13.9. The zero-order chi connectivity index (χ0) is 17.7. The SMILES string of the molecule is CCOc1ccc(NC(=O)N(C)C(C)c2ccccc2F)c(C)c1. The summed E-state index contributed by atoms with van der Waals surface area (Å²) < 4.78 is 19.3. The van der Waals surface area contributed by atoms with Crippen LogP contribution in [0.3, 0.4) is 0 Å². The smallest absolute Gasteiger partial charge is 0.322 e. The highest BCUT2D eigenvalue weighted by Gasteiger charge is 2.20. The van der Waals surface area contributed by atoms with Gasteiger partial charge in [0.05, 0.1) is 12.6 Å². The zero-order valence-electron chi connectivity index (χ0n) is 14.5. The number of amides is 2. The number of hydrogen-bond donors (Lipinski definition) is 1. The van der Waals surface area contributed by atoms with Crippen molar-refractivity contribution in [3.8, 4) is 5.75 Å². The second-order valence-corrected chi connectivity index (χ2v) is 5.65. The predicted octanol–water partition coefficient (Wildman–Crippen LogP) is 4.76. The van der Waals surface area contributed by atoms with Crippen molar-refractivity contribution >= 4 is 11.7 Å². The van der Waals surface area contributed by atoms with Gasteiger partial charge in [-0.25, -0.2) is 9.18 Å². The van der Waals surface area contributed by atoms with E-state index in [2.05, 4.69) is 5.32 Å². The number of carbonyl (C=O) groups excluding carboxylic acids is 1. The van der Waals surface area contributed by atoms with Gasteiger partial charge in [-0.2, -0.15) is 0 Å². The maximum atomic E-state index is 13.9. The molecule has 0 fully saturated rings. The Balaban J connectivity index is 2.10. The van der Waals surface area contributed by atoms with Crippen LogP contribution in [0.1, 0.15) is 31.0 Å². The van der Waals surface area contributed by atoms with E-state index in [1.54, 1.807) is 38.2 Å². The third-order valence-corrected chi connectivity index (χ3v) is 4.01. The van der Waals surface area contributed by atoms with Crippen LogP contribution in [0.2, 0.25) is 0 Å². The van der Waals surface area contributed by atoms with Gasteiger partial charge in [-0.15, -0.1) is 0 Å². The molecular formula is C19H23FN2O2. The summed E-state index contributed by atoms with van der Waals surface area (Å²) in [7, 11) is 1.65. The molecular weight excluding hydrogens is 307 g/mol. The Bertz CT molecular complexity index is 718. The molecule has 0 bridgehead atoms. The van der Waals surface area contributed by atoms with Gasteiger partial charge in [-0.05, 0) is 50.6 Å². The number of rotatable bonds is 5. The molecule has 1 N–H and O–H groups in total. The van der Waals surface area contributed by atoms with Crippen LogP contribution < -0.4 is 10.1 Å². The average molecular weight is 330 g/mol. The first-order valence-corrected chi connectivity index (χ1v) is 7.95. The Kier molecular flexibility index (Phi) is 5.79. The Morgan fingerprint density at radius 1 is 1.29 bits per heavy atom. The maximum Gasteiger partial charge on any atom is 0.322 e. The fourth-order valence-corrected chi connectivity index (χ4v) is 2.43. The lowest BCUT2D eigenvalue weighted by Crippen LogP contribution is -2.34. The van der Waals surface area contributed by atoms with Crippen molar-refractivity contribution in [2.75, 3.05) is 19.0 Å². The van der Waals surface area contributed by atoms with Crippen molar-refractivity contribution < 1.29 is 13.9 Å². The number of ether oxygens (including phenoxy) is 1. The fraction of sp³-hybridized carbons (Fsp3) is 0.316. The van der Waals surface area contributed by atoms with Gasteiger partial charge in [0.2, 0.25) is 0 Å². The highest BCUT2D eigenvalue weighted by atomic mass is 19.1. The number of carbonyl (C=O) groups is 1. The van der Waals surface area contributed by atoms with Crippen molar-refractivity contribution in [1.82, 2.24) is 4.90 Å². The van der Waals surface area contributed by atoms with E-state index in [4.69, 9.17) is 4.74 Å². The van der Waals surface area contributed by atoms with E-state index in [1.807, 2.05) is 26.0 Å². The van der Waals surface area contributed by atoms with Crippen LogP contribution in [0.4, 0.5) is 14.9 Å². The van der Waals surface area contributed by atoms with E-state index >= 15 is 0 Å². The first kappa shape index (κ1) is 17.8. The van der Waals surface area contributed by atoms with Crippen molar-refractivity contribution in [2.45, 2.75) is 26.8 Å². The summed E-state index contributed by atoms with van der Waals surface area (Å²) in [5.74, 6) is 0.447. The van der Waals surface area contributed by atoms with Gasteiger partial charge in [-0.3, -0.25) is 0 Å². The molecule has 1 atom stereocenters. The van der Waals surface area contributed by atoms with Gasteiger partial charge in [0.25, 0.3) is 0 Å². The molecule has 0 saturated carbocycles. The summed E-state index contributed by atoms with van der Waals surface area (Å²) in [5.41, 5.74) is 2.09. The molecule has 1 unspecified atom stereocenters. The summed E-state index contributed by atoms with van der Waals surface area (Å²) in [6.07, 6.45) is 0. The number of hydrogen-bond acceptors (Lipinski definition) is 2. The number of nitrogens with zero attached hydrogens (tertiary/aromatic N) is 1. The van der Waals surface area contributed by atoms with Gasteiger partial charge in [0.15, 0.2) is 0 Å². The maximum absolute atomic E-state index is 13.9. The van der Waals surface area contributed by atoms with Crippen molar-refractivity contribution in [3.63, 3.8) is 0 Å². The molecule has 0 spiro atoms. The number of benzene rings is 2. The first-order valence-electron chi connectivity index (χ1n) is 7.95. The molecule has 0 saturated heterocycles. The highest BCUT2D eigenvalue weighted by Crippen LogP contribution is 2.24. The van der Waals surface area contributed by atoms with Crippen molar-refractivity contribution in [2.24, 2.45) is 0 Å². The Morgan fingerprint density at radius 3 is 2.62 bits per heavy atom. The molecule has 0 aliphatic heterocycles.